The monoisotopic (exact) mass is 308 g/mol. The molecular formula is C12H24N2O7. The molecule has 0 saturated heterocycles. The second-order valence-corrected chi connectivity index (χ2v) is 4.95. The number of carbonyl (C=O) groups excluding carboxylic acids is 1. The van der Waals surface area contributed by atoms with Gasteiger partial charge in [-0.2, -0.15) is 0 Å². The van der Waals surface area contributed by atoms with Crippen molar-refractivity contribution >= 4 is 12.1 Å². The smallest absolute Gasteiger partial charge is 0.407 e. The highest BCUT2D eigenvalue weighted by atomic mass is 17.1. The quantitative estimate of drug-likeness (QED) is 0.333. The second kappa shape index (κ2) is 11.3. The van der Waals surface area contributed by atoms with E-state index in [0.717, 1.165) is 0 Å². The van der Waals surface area contributed by atoms with Gasteiger partial charge in [0.15, 0.2) is 0 Å². The number of ether oxygens (including phenoxy) is 1. The highest BCUT2D eigenvalue weighted by molar-refractivity contribution is 5.79. The van der Waals surface area contributed by atoms with Crippen molar-refractivity contribution < 1.29 is 34.7 Å². The van der Waals surface area contributed by atoms with Crippen molar-refractivity contribution in [2.24, 2.45) is 5.92 Å². The molecule has 1 amide bonds. The van der Waals surface area contributed by atoms with Gasteiger partial charge in [0.1, 0.15) is 6.04 Å². The van der Waals surface area contributed by atoms with Crippen LogP contribution in [0, 0.1) is 5.92 Å². The van der Waals surface area contributed by atoms with E-state index >= 15 is 0 Å². The lowest BCUT2D eigenvalue weighted by atomic mass is 10.0. The maximum Gasteiger partial charge on any atom is 0.407 e. The summed E-state index contributed by atoms with van der Waals surface area (Å²) in [5.41, 5.74) is 0. The van der Waals surface area contributed by atoms with Crippen LogP contribution in [0.4, 0.5) is 4.79 Å². The molecule has 0 rings (SSSR count). The van der Waals surface area contributed by atoms with Crippen LogP contribution in [0.25, 0.3) is 0 Å². The van der Waals surface area contributed by atoms with Crippen LogP contribution in [-0.4, -0.2) is 52.2 Å². The summed E-state index contributed by atoms with van der Waals surface area (Å²) in [5.74, 6) is -0.945. The predicted molar refractivity (Wildman–Crippen MR) is 70.6 cm³/mol. The Labute approximate surface area is 123 Å². The van der Waals surface area contributed by atoms with Crippen molar-refractivity contribution in [1.82, 2.24) is 10.7 Å². The standard InChI is InChI=1S/C12H24N2O7/c1-9(2)8-10(11(15)16)13-12(17)20-6-4-3-5-7-21-14(18)19/h9-10,18-19H,3-8H2,1-2H3,(H,13,17)(H,15,16). The number of carboxylic acid groups (broad SMARTS) is 1. The molecule has 0 bridgehead atoms. The number of nitrogens with zero attached hydrogens (tertiary/aromatic N) is 1. The molecule has 0 aromatic carbocycles. The molecule has 0 aliphatic rings. The van der Waals surface area contributed by atoms with Gasteiger partial charge in [0, 0.05) is 0 Å². The normalized spacial score (nSPS) is 12.5. The number of aliphatic carboxylic acids is 1. The van der Waals surface area contributed by atoms with Crippen LogP contribution in [0.3, 0.4) is 0 Å². The highest BCUT2D eigenvalue weighted by Gasteiger charge is 2.21. The van der Waals surface area contributed by atoms with Crippen LogP contribution in [0.1, 0.15) is 39.5 Å². The van der Waals surface area contributed by atoms with E-state index < -0.39 is 18.1 Å². The molecule has 0 aromatic rings. The SMILES string of the molecule is CC(C)CC(NC(=O)OCCCCCON(O)O)C(=O)O. The third-order valence-electron chi connectivity index (χ3n) is 2.53. The van der Waals surface area contributed by atoms with Gasteiger partial charge in [0.05, 0.1) is 18.6 Å². The molecule has 0 spiro atoms. The third kappa shape index (κ3) is 12.1. The number of amides is 1. The van der Waals surface area contributed by atoms with E-state index in [1.54, 1.807) is 0 Å². The third-order valence-corrected chi connectivity index (χ3v) is 2.53. The molecular weight excluding hydrogens is 284 g/mol. The molecule has 0 aromatic heterocycles. The van der Waals surface area contributed by atoms with Crippen molar-refractivity contribution in [3.05, 3.63) is 0 Å². The Morgan fingerprint density at radius 2 is 1.76 bits per heavy atom. The first-order valence-electron chi connectivity index (χ1n) is 6.79. The first kappa shape index (κ1) is 19.6. The van der Waals surface area contributed by atoms with E-state index in [0.29, 0.717) is 25.7 Å². The number of carboxylic acids is 1. The molecule has 9 nitrogen and oxygen atoms in total. The minimum absolute atomic E-state index is 0.134. The minimum Gasteiger partial charge on any atom is -0.480 e. The molecule has 0 aliphatic heterocycles. The second-order valence-electron chi connectivity index (χ2n) is 4.95. The summed E-state index contributed by atoms with van der Waals surface area (Å²) in [6.07, 6.45) is 1.37. The van der Waals surface area contributed by atoms with Crippen molar-refractivity contribution in [2.75, 3.05) is 13.2 Å². The first-order chi connectivity index (χ1) is 9.82. The van der Waals surface area contributed by atoms with Crippen molar-refractivity contribution in [2.45, 2.75) is 45.6 Å². The maximum absolute atomic E-state index is 11.4. The van der Waals surface area contributed by atoms with E-state index in [1.807, 2.05) is 13.8 Å². The largest absolute Gasteiger partial charge is 0.480 e. The fourth-order valence-corrected chi connectivity index (χ4v) is 1.57. The van der Waals surface area contributed by atoms with Gasteiger partial charge in [0.2, 0.25) is 0 Å². The number of nitrogens with one attached hydrogen (secondary N) is 1. The number of hydrogen-bond acceptors (Lipinski definition) is 7. The Morgan fingerprint density at radius 1 is 1.14 bits per heavy atom. The van der Waals surface area contributed by atoms with E-state index in [-0.39, 0.29) is 24.5 Å². The van der Waals surface area contributed by atoms with Gasteiger partial charge in [0.25, 0.3) is 0 Å². The van der Waals surface area contributed by atoms with Crippen LogP contribution in [0.15, 0.2) is 0 Å². The van der Waals surface area contributed by atoms with E-state index in [9.17, 15) is 9.59 Å². The fourth-order valence-electron chi connectivity index (χ4n) is 1.57. The van der Waals surface area contributed by atoms with E-state index in [4.69, 9.17) is 20.3 Å². The molecule has 1 atom stereocenters. The van der Waals surface area contributed by atoms with Crippen molar-refractivity contribution in [1.29, 1.82) is 0 Å². The predicted octanol–water partition coefficient (Wildman–Crippen LogP) is 1.39. The number of carbonyl (C=O) groups is 2. The molecule has 124 valence electrons. The van der Waals surface area contributed by atoms with E-state index in [1.165, 1.54) is 0 Å². The summed E-state index contributed by atoms with van der Waals surface area (Å²) in [6.45, 7) is 4.02. The summed E-state index contributed by atoms with van der Waals surface area (Å²) < 4.78 is 4.87. The summed E-state index contributed by atoms with van der Waals surface area (Å²) in [4.78, 5) is 26.7. The molecule has 0 aliphatic carbocycles. The van der Waals surface area contributed by atoms with Crippen LogP contribution in [-0.2, 0) is 14.4 Å². The first-order valence-corrected chi connectivity index (χ1v) is 6.79. The molecule has 0 saturated carbocycles. The van der Waals surface area contributed by atoms with Gasteiger partial charge < -0.3 is 15.2 Å². The lowest BCUT2D eigenvalue weighted by molar-refractivity contribution is -0.492. The van der Waals surface area contributed by atoms with Gasteiger partial charge in [-0.25, -0.2) is 9.59 Å². The Morgan fingerprint density at radius 3 is 2.29 bits per heavy atom. The van der Waals surface area contributed by atoms with Crippen LogP contribution in [0.2, 0.25) is 0 Å². The maximum atomic E-state index is 11.4. The molecule has 4 N–H and O–H groups in total. The number of hydrogen-bond donors (Lipinski definition) is 4. The van der Waals surface area contributed by atoms with Crippen LogP contribution < -0.4 is 5.32 Å². The molecule has 21 heavy (non-hydrogen) atoms. The molecule has 0 fully saturated rings. The Hall–Kier alpha value is -1.42. The zero-order valence-electron chi connectivity index (χ0n) is 12.3. The van der Waals surface area contributed by atoms with Gasteiger partial charge in [-0.15, -0.1) is 0 Å². The fraction of sp³-hybridized carbons (Fsp3) is 0.833. The summed E-state index contributed by atoms with van der Waals surface area (Å²) >= 11 is 0. The average Bonchev–Trinajstić information content (AvgIpc) is 2.35. The number of alkyl carbamates (subject to hydrolysis) is 1. The van der Waals surface area contributed by atoms with Gasteiger partial charge in [-0.1, -0.05) is 13.8 Å². The molecule has 9 heteroatoms. The summed E-state index contributed by atoms with van der Waals surface area (Å²) in [5, 5.41) is 27.4. The van der Waals surface area contributed by atoms with E-state index in [2.05, 4.69) is 10.2 Å². The van der Waals surface area contributed by atoms with Gasteiger partial charge in [-0.05, 0) is 31.6 Å². The average molecular weight is 308 g/mol. The van der Waals surface area contributed by atoms with Crippen LogP contribution >= 0.6 is 0 Å². The lowest BCUT2D eigenvalue weighted by Gasteiger charge is -2.16. The highest BCUT2D eigenvalue weighted by Crippen LogP contribution is 2.05. The van der Waals surface area contributed by atoms with Gasteiger partial charge in [-0.3, -0.25) is 15.3 Å². The lowest BCUT2D eigenvalue weighted by Crippen LogP contribution is -2.42. The minimum atomic E-state index is -1.09. The zero-order valence-corrected chi connectivity index (χ0v) is 12.3. The summed E-state index contributed by atoms with van der Waals surface area (Å²) in [7, 11) is 0. The Bertz CT molecular complexity index is 310. The van der Waals surface area contributed by atoms with Crippen molar-refractivity contribution in [3.8, 4) is 0 Å². The number of rotatable bonds is 11. The topological polar surface area (TPSA) is 129 Å². The molecule has 0 heterocycles. The summed E-state index contributed by atoms with van der Waals surface area (Å²) in [6, 6.07) is -0.953. The van der Waals surface area contributed by atoms with Crippen molar-refractivity contribution in [3.63, 3.8) is 0 Å². The van der Waals surface area contributed by atoms with Gasteiger partial charge >= 0.3 is 12.1 Å². The Kier molecular flexibility index (Phi) is 10.5. The molecule has 1 unspecified atom stereocenters. The number of unbranched alkanes of at least 4 members (excludes halogenated alkanes) is 2. The zero-order chi connectivity index (χ0) is 16.3. The molecule has 0 radical (unpaired) electrons. The Balaban J connectivity index is 3.71. The van der Waals surface area contributed by atoms with Crippen LogP contribution in [0.5, 0.6) is 0 Å².